The summed E-state index contributed by atoms with van der Waals surface area (Å²) in [6.07, 6.45) is 2.55. The van der Waals surface area contributed by atoms with E-state index in [9.17, 15) is 0 Å². The molecule has 0 fully saturated rings. The van der Waals surface area contributed by atoms with E-state index in [1.807, 2.05) is 24.3 Å². The third-order valence-electron chi connectivity index (χ3n) is 3.23. The molecule has 0 aliphatic carbocycles. The standard InChI is InChI=1S/C16H14BrNO/c1-11-8-9-19-16(11)14(17)10-13-7-6-12-4-2-3-5-15(12)18-13/h2-9,14H,10H2,1H3. The third kappa shape index (κ3) is 2.56. The summed E-state index contributed by atoms with van der Waals surface area (Å²) in [7, 11) is 0. The summed E-state index contributed by atoms with van der Waals surface area (Å²) in [5.41, 5.74) is 3.27. The molecule has 0 aliphatic heterocycles. The molecular formula is C16H14BrNO. The molecule has 1 aromatic carbocycles. The van der Waals surface area contributed by atoms with E-state index in [4.69, 9.17) is 4.42 Å². The molecule has 3 rings (SSSR count). The Morgan fingerprint density at radius 3 is 2.79 bits per heavy atom. The first kappa shape index (κ1) is 12.4. The zero-order chi connectivity index (χ0) is 13.2. The van der Waals surface area contributed by atoms with Crippen molar-refractivity contribution in [3.8, 4) is 0 Å². The van der Waals surface area contributed by atoms with Crippen molar-refractivity contribution in [2.45, 2.75) is 18.2 Å². The van der Waals surface area contributed by atoms with Gasteiger partial charge in [0.05, 0.1) is 16.6 Å². The van der Waals surface area contributed by atoms with E-state index in [0.29, 0.717) is 0 Å². The minimum atomic E-state index is 0.163. The molecule has 1 atom stereocenters. The molecule has 1 unspecified atom stereocenters. The molecule has 0 aliphatic rings. The second-order valence-corrected chi connectivity index (χ2v) is 5.74. The van der Waals surface area contributed by atoms with Crippen LogP contribution in [0.25, 0.3) is 10.9 Å². The summed E-state index contributed by atoms with van der Waals surface area (Å²) < 4.78 is 5.51. The number of rotatable bonds is 3. The number of benzene rings is 1. The average molecular weight is 316 g/mol. The van der Waals surface area contributed by atoms with E-state index in [0.717, 1.165) is 23.4 Å². The van der Waals surface area contributed by atoms with Gasteiger partial charge in [-0.25, -0.2) is 0 Å². The Balaban J connectivity index is 1.87. The molecule has 19 heavy (non-hydrogen) atoms. The number of halogens is 1. The van der Waals surface area contributed by atoms with Gasteiger partial charge in [-0.1, -0.05) is 40.2 Å². The van der Waals surface area contributed by atoms with Gasteiger partial charge in [-0.2, -0.15) is 0 Å². The molecule has 0 radical (unpaired) electrons. The van der Waals surface area contributed by atoms with Gasteiger partial charge < -0.3 is 4.42 Å². The van der Waals surface area contributed by atoms with Gasteiger partial charge in [-0.3, -0.25) is 4.98 Å². The fraction of sp³-hybridized carbons (Fsp3) is 0.188. The van der Waals surface area contributed by atoms with Gasteiger partial charge in [0.25, 0.3) is 0 Å². The Morgan fingerprint density at radius 2 is 2.00 bits per heavy atom. The molecule has 0 amide bonds. The molecule has 3 aromatic rings. The monoisotopic (exact) mass is 315 g/mol. The highest BCUT2D eigenvalue weighted by atomic mass is 79.9. The maximum atomic E-state index is 5.51. The summed E-state index contributed by atoms with van der Waals surface area (Å²) in [6.45, 7) is 2.06. The van der Waals surface area contributed by atoms with Crippen molar-refractivity contribution in [1.29, 1.82) is 0 Å². The minimum Gasteiger partial charge on any atom is -0.468 e. The minimum absolute atomic E-state index is 0.163. The van der Waals surface area contributed by atoms with Crippen molar-refractivity contribution in [1.82, 2.24) is 4.98 Å². The molecule has 96 valence electrons. The molecule has 2 aromatic heterocycles. The van der Waals surface area contributed by atoms with Gasteiger partial charge in [-0.05, 0) is 30.7 Å². The van der Waals surface area contributed by atoms with Crippen LogP contribution in [-0.4, -0.2) is 4.98 Å². The Bertz CT molecular complexity index is 705. The van der Waals surface area contributed by atoms with Crippen LogP contribution in [0.3, 0.4) is 0 Å². The van der Waals surface area contributed by atoms with Crippen LogP contribution in [-0.2, 0) is 6.42 Å². The number of fused-ring (bicyclic) bond motifs is 1. The molecule has 0 saturated heterocycles. The first-order valence-electron chi connectivity index (χ1n) is 6.27. The van der Waals surface area contributed by atoms with Crippen molar-refractivity contribution in [2.24, 2.45) is 0 Å². The maximum Gasteiger partial charge on any atom is 0.120 e. The van der Waals surface area contributed by atoms with Gasteiger partial charge in [0.2, 0.25) is 0 Å². The normalized spacial score (nSPS) is 12.7. The maximum absolute atomic E-state index is 5.51. The highest BCUT2D eigenvalue weighted by molar-refractivity contribution is 9.09. The largest absolute Gasteiger partial charge is 0.468 e. The lowest BCUT2D eigenvalue weighted by Gasteiger charge is -2.08. The number of hydrogen-bond acceptors (Lipinski definition) is 2. The highest BCUT2D eigenvalue weighted by Gasteiger charge is 2.15. The summed E-state index contributed by atoms with van der Waals surface area (Å²) in [6, 6.07) is 14.3. The number of para-hydroxylation sites is 1. The molecule has 2 heterocycles. The number of aromatic nitrogens is 1. The number of alkyl halides is 1. The first-order chi connectivity index (χ1) is 9.24. The van der Waals surface area contributed by atoms with Crippen LogP contribution in [0.4, 0.5) is 0 Å². The van der Waals surface area contributed by atoms with Crippen molar-refractivity contribution < 1.29 is 4.42 Å². The molecule has 0 saturated carbocycles. The number of aryl methyl sites for hydroxylation is 1. The molecule has 2 nitrogen and oxygen atoms in total. The predicted octanol–water partition coefficient (Wildman–Crippen LogP) is 4.81. The molecule has 0 bridgehead atoms. The smallest absolute Gasteiger partial charge is 0.120 e. The lowest BCUT2D eigenvalue weighted by molar-refractivity contribution is 0.503. The van der Waals surface area contributed by atoms with E-state index in [1.165, 1.54) is 10.9 Å². The van der Waals surface area contributed by atoms with Gasteiger partial charge in [-0.15, -0.1) is 0 Å². The van der Waals surface area contributed by atoms with E-state index in [2.05, 4.69) is 46.0 Å². The van der Waals surface area contributed by atoms with Crippen LogP contribution in [0.15, 0.2) is 53.1 Å². The first-order valence-corrected chi connectivity index (χ1v) is 7.18. The topological polar surface area (TPSA) is 26.0 Å². The summed E-state index contributed by atoms with van der Waals surface area (Å²) in [5, 5.41) is 1.17. The summed E-state index contributed by atoms with van der Waals surface area (Å²) in [5.74, 6) is 0.981. The van der Waals surface area contributed by atoms with Gasteiger partial charge in [0.15, 0.2) is 0 Å². The quantitative estimate of drug-likeness (QED) is 0.648. The number of nitrogens with zero attached hydrogens (tertiary/aromatic N) is 1. The van der Waals surface area contributed by atoms with Crippen molar-refractivity contribution in [2.75, 3.05) is 0 Å². The molecule has 0 N–H and O–H groups in total. The van der Waals surface area contributed by atoms with Gasteiger partial charge >= 0.3 is 0 Å². The van der Waals surface area contributed by atoms with E-state index >= 15 is 0 Å². The van der Waals surface area contributed by atoms with Crippen molar-refractivity contribution in [3.63, 3.8) is 0 Å². The number of furan rings is 1. The van der Waals surface area contributed by atoms with Crippen molar-refractivity contribution >= 4 is 26.8 Å². The van der Waals surface area contributed by atoms with Crippen LogP contribution in [0, 0.1) is 6.92 Å². The van der Waals surface area contributed by atoms with Crippen LogP contribution in [0.2, 0.25) is 0 Å². The Kier molecular flexibility index (Phi) is 3.38. The van der Waals surface area contributed by atoms with Crippen LogP contribution in [0.1, 0.15) is 21.8 Å². The average Bonchev–Trinajstić information content (AvgIpc) is 2.85. The second-order valence-electron chi connectivity index (χ2n) is 4.63. The van der Waals surface area contributed by atoms with Crippen LogP contribution >= 0.6 is 15.9 Å². The lowest BCUT2D eigenvalue weighted by Crippen LogP contribution is -1.98. The number of pyridine rings is 1. The Morgan fingerprint density at radius 1 is 1.16 bits per heavy atom. The summed E-state index contributed by atoms with van der Waals surface area (Å²) in [4.78, 5) is 4.85. The van der Waals surface area contributed by atoms with Crippen LogP contribution in [0.5, 0.6) is 0 Å². The molecular weight excluding hydrogens is 302 g/mol. The van der Waals surface area contributed by atoms with Gasteiger partial charge in [0.1, 0.15) is 5.76 Å². The second kappa shape index (κ2) is 5.17. The highest BCUT2D eigenvalue weighted by Crippen LogP contribution is 2.30. The van der Waals surface area contributed by atoms with E-state index in [1.54, 1.807) is 6.26 Å². The zero-order valence-electron chi connectivity index (χ0n) is 10.6. The fourth-order valence-electron chi connectivity index (χ4n) is 2.20. The zero-order valence-corrected chi connectivity index (χ0v) is 12.2. The van der Waals surface area contributed by atoms with E-state index < -0.39 is 0 Å². The fourth-order valence-corrected chi connectivity index (χ4v) is 3.00. The predicted molar refractivity (Wildman–Crippen MR) is 80.6 cm³/mol. The van der Waals surface area contributed by atoms with E-state index in [-0.39, 0.29) is 4.83 Å². The van der Waals surface area contributed by atoms with Crippen LogP contribution < -0.4 is 0 Å². The van der Waals surface area contributed by atoms with Gasteiger partial charge in [0, 0.05) is 17.5 Å². The number of hydrogen-bond donors (Lipinski definition) is 0. The lowest BCUT2D eigenvalue weighted by atomic mass is 10.1. The Labute approximate surface area is 120 Å². The van der Waals surface area contributed by atoms with Crippen molar-refractivity contribution in [3.05, 3.63) is 65.7 Å². The SMILES string of the molecule is Cc1ccoc1C(Br)Cc1ccc2ccccc2n1. The summed E-state index contributed by atoms with van der Waals surface area (Å²) >= 11 is 3.68. The Hall–Kier alpha value is -1.61. The molecule has 3 heteroatoms. The molecule has 0 spiro atoms. The third-order valence-corrected chi connectivity index (χ3v) is 3.97.